The van der Waals surface area contributed by atoms with Crippen molar-refractivity contribution in [3.63, 3.8) is 0 Å². The van der Waals surface area contributed by atoms with Crippen LogP contribution in [-0.2, 0) is 14.8 Å². The number of carbonyl (C=O) groups excluding carboxylic acids is 1. The van der Waals surface area contributed by atoms with Gasteiger partial charge in [0.1, 0.15) is 11.4 Å². The van der Waals surface area contributed by atoms with Gasteiger partial charge in [-0.1, -0.05) is 47.5 Å². The minimum absolute atomic E-state index is 0.196. The van der Waals surface area contributed by atoms with Gasteiger partial charge in [0.15, 0.2) is 0 Å². The summed E-state index contributed by atoms with van der Waals surface area (Å²) in [6.07, 6.45) is 0.915. The van der Waals surface area contributed by atoms with Crippen molar-refractivity contribution in [2.24, 2.45) is 4.99 Å². The molecule has 0 saturated carbocycles. The number of nitrogens with one attached hydrogen (secondary N) is 1. The summed E-state index contributed by atoms with van der Waals surface area (Å²) < 4.78 is 27.3. The van der Waals surface area contributed by atoms with Crippen LogP contribution in [0.1, 0.15) is 29.5 Å². The summed E-state index contributed by atoms with van der Waals surface area (Å²) >= 11 is 0. The molecule has 1 fully saturated rings. The van der Waals surface area contributed by atoms with Crippen LogP contribution in [0.3, 0.4) is 0 Å². The quantitative estimate of drug-likeness (QED) is 0.864. The van der Waals surface area contributed by atoms with Gasteiger partial charge in [-0.3, -0.25) is 9.79 Å². The lowest BCUT2D eigenvalue weighted by atomic mass is 10.00. The minimum Gasteiger partial charge on any atom is -0.326 e. The fraction of sp³-hybridized carbons (Fsp3) is 0.333. The second-order valence-corrected chi connectivity index (χ2v) is 9.47. The number of hydrogen-bond acceptors (Lipinski definition) is 4. The summed E-state index contributed by atoms with van der Waals surface area (Å²) in [5.74, 6) is -0.196. The van der Waals surface area contributed by atoms with Crippen molar-refractivity contribution in [3.8, 4) is 0 Å². The van der Waals surface area contributed by atoms with Gasteiger partial charge in [-0.15, -0.1) is 0 Å². The lowest BCUT2D eigenvalue weighted by Gasteiger charge is -2.36. The van der Waals surface area contributed by atoms with E-state index >= 15 is 0 Å². The molecular formula is C21H23N3O3S. The van der Waals surface area contributed by atoms with Crippen molar-refractivity contribution in [3.05, 3.63) is 65.2 Å². The van der Waals surface area contributed by atoms with Crippen LogP contribution in [0.5, 0.6) is 0 Å². The number of nitrogens with zero attached hydrogens (tertiary/aromatic N) is 2. The molecule has 0 unspecified atom stereocenters. The Morgan fingerprint density at radius 1 is 0.929 bits per heavy atom. The molecule has 1 N–H and O–H groups in total. The summed E-state index contributed by atoms with van der Waals surface area (Å²) in [6.45, 7) is 4.56. The van der Waals surface area contributed by atoms with E-state index in [1.807, 2.05) is 38.1 Å². The highest BCUT2D eigenvalue weighted by Crippen LogP contribution is 2.31. The monoisotopic (exact) mass is 397 g/mol. The number of carbonyl (C=O) groups is 1. The van der Waals surface area contributed by atoms with E-state index < -0.39 is 15.7 Å². The number of amides is 1. The first kappa shape index (κ1) is 18.8. The summed E-state index contributed by atoms with van der Waals surface area (Å²) in [5, 5.41) is 2.99. The van der Waals surface area contributed by atoms with Crippen LogP contribution in [0.4, 0.5) is 0 Å². The van der Waals surface area contributed by atoms with Crippen molar-refractivity contribution < 1.29 is 13.2 Å². The highest BCUT2D eigenvalue weighted by atomic mass is 32.2. The molecule has 2 heterocycles. The van der Waals surface area contributed by atoms with Crippen LogP contribution in [0, 0.1) is 13.8 Å². The van der Waals surface area contributed by atoms with Crippen molar-refractivity contribution in [1.29, 1.82) is 0 Å². The third kappa shape index (κ3) is 3.36. The van der Waals surface area contributed by atoms with E-state index in [2.05, 4.69) is 5.32 Å². The van der Waals surface area contributed by atoms with Crippen LogP contribution in [0.15, 0.2) is 58.4 Å². The van der Waals surface area contributed by atoms with Crippen LogP contribution in [-0.4, -0.2) is 43.1 Å². The molecule has 0 bridgehead atoms. The summed E-state index contributed by atoms with van der Waals surface area (Å²) in [5.41, 5.74) is 2.64. The number of hydrogen-bond donors (Lipinski definition) is 1. The molecule has 28 heavy (non-hydrogen) atoms. The van der Waals surface area contributed by atoms with Gasteiger partial charge in [-0.25, -0.2) is 8.42 Å². The number of sulfonamides is 1. The van der Waals surface area contributed by atoms with Gasteiger partial charge in [0.2, 0.25) is 10.0 Å². The molecule has 0 radical (unpaired) electrons. The Labute approximate surface area is 165 Å². The van der Waals surface area contributed by atoms with Crippen LogP contribution in [0.25, 0.3) is 0 Å². The molecule has 4 rings (SSSR count). The second-order valence-electron chi connectivity index (χ2n) is 7.53. The molecular weight excluding hydrogens is 374 g/mol. The van der Waals surface area contributed by atoms with Gasteiger partial charge in [-0.2, -0.15) is 4.31 Å². The van der Waals surface area contributed by atoms with Gasteiger partial charge in [0.05, 0.1) is 4.90 Å². The summed E-state index contributed by atoms with van der Waals surface area (Å²) in [4.78, 5) is 17.5. The molecule has 6 nitrogen and oxygen atoms in total. The van der Waals surface area contributed by atoms with Gasteiger partial charge >= 0.3 is 0 Å². The number of aliphatic imine (C=N–C) groups is 1. The predicted molar refractivity (Wildman–Crippen MR) is 108 cm³/mol. The van der Waals surface area contributed by atoms with Crippen LogP contribution < -0.4 is 5.32 Å². The predicted octanol–water partition coefficient (Wildman–Crippen LogP) is 2.40. The minimum atomic E-state index is -3.54. The molecule has 2 aliphatic rings. The highest BCUT2D eigenvalue weighted by molar-refractivity contribution is 7.89. The molecule has 1 spiro atoms. The lowest BCUT2D eigenvalue weighted by molar-refractivity contribution is -0.115. The normalized spacial score (nSPS) is 19.5. The molecule has 0 aromatic heterocycles. The fourth-order valence-electron chi connectivity index (χ4n) is 3.66. The second kappa shape index (κ2) is 6.83. The molecule has 1 saturated heterocycles. The molecule has 0 aliphatic carbocycles. The Bertz CT molecular complexity index is 1030. The van der Waals surface area contributed by atoms with E-state index in [4.69, 9.17) is 4.99 Å². The third-order valence-electron chi connectivity index (χ3n) is 5.42. The molecule has 2 aromatic rings. The zero-order valence-electron chi connectivity index (χ0n) is 16.0. The van der Waals surface area contributed by atoms with Crippen molar-refractivity contribution in [1.82, 2.24) is 9.62 Å². The highest BCUT2D eigenvalue weighted by Gasteiger charge is 2.44. The van der Waals surface area contributed by atoms with E-state index in [9.17, 15) is 13.2 Å². The van der Waals surface area contributed by atoms with Gasteiger partial charge in [0, 0.05) is 31.5 Å². The standard InChI is InChI=1S/C21H23N3O3S/c1-15-3-7-17(8-4-15)19-20(25)23-21(22-19)11-13-24(14-12-21)28(26,27)18-9-5-16(2)6-10-18/h3-10H,11-14H2,1-2H3,(H,23,25). The summed E-state index contributed by atoms with van der Waals surface area (Å²) in [7, 11) is -3.54. The van der Waals surface area contributed by atoms with Crippen molar-refractivity contribution >= 4 is 21.6 Å². The number of piperidine rings is 1. The van der Waals surface area contributed by atoms with Crippen molar-refractivity contribution in [2.45, 2.75) is 37.2 Å². The number of rotatable bonds is 3. The third-order valence-corrected chi connectivity index (χ3v) is 7.33. The van der Waals surface area contributed by atoms with Crippen LogP contribution in [0.2, 0.25) is 0 Å². The molecule has 146 valence electrons. The smallest absolute Gasteiger partial charge is 0.272 e. The Morgan fingerprint density at radius 2 is 1.46 bits per heavy atom. The Balaban J connectivity index is 1.53. The van der Waals surface area contributed by atoms with E-state index in [1.54, 1.807) is 24.3 Å². The molecule has 1 amide bonds. The van der Waals surface area contributed by atoms with Crippen LogP contribution >= 0.6 is 0 Å². The Kier molecular flexibility index (Phi) is 4.59. The van der Waals surface area contributed by atoms with E-state index in [1.165, 1.54) is 4.31 Å². The zero-order chi connectivity index (χ0) is 19.9. The average molecular weight is 398 g/mol. The summed E-state index contributed by atoms with van der Waals surface area (Å²) in [6, 6.07) is 14.6. The largest absolute Gasteiger partial charge is 0.326 e. The molecule has 7 heteroatoms. The Hall–Kier alpha value is -2.51. The van der Waals surface area contributed by atoms with E-state index in [0.29, 0.717) is 36.5 Å². The maximum absolute atomic E-state index is 12.9. The first-order chi connectivity index (χ1) is 13.3. The Morgan fingerprint density at radius 3 is 2.04 bits per heavy atom. The maximum Gasteiger partial charge on any atom is 0.272 e. The number of benzene rings is 2. The molecule has 2 aliphatic heterocycles. The average Bonchev–Trinajstić information content (AvgIpc) is 2.99. The molecule has 2 aromatic carbocycles. The molecule has 0 atom stereocenters. The SMILES string of the molecule is Cc1ccc(C2=NC3(CCN(S(=O)(=O)c4ccc(C)cc4)CC3)NC2=O)cc1. The lowest BCUT2D eigenvalue weighted by Crippen LogP contribution is -2.52. The van der Waals surface area contributed by atoms with E-state index in [0.717, 1.165) is 16.7 Å². The first-order valence-electron chi connectivity index (χ1n) is 9.35. The van der Waals surface area contributed by atoms with Gasteiger partial charge in [-0.05, 0) is 26.0 Å². The fourth-order valence-corrected chi connectivity index (χ4v) is 5.10. The van der Waals surface area contributed by atoms with Gasteiger partial charge in [0.25, 0.3) is 5.91 Å². The van der Waals surface area contributed by atoms with Gasteiger partial charge < -0.3 is 5.32 Å². The first-order valence-corrected chi connectivity index (χ1v) is 10.8. The number of aryl methyl sites for hydroxylation is 2. The zero-order valence-corrected chi connectivity index (χ0v) is 16.8. The van der Waals surface area contributed by atoms with E-state index in [-0.39, 0.29) is 5.91 Å². The maximum atomic E-state index is 12.9. The topological polar surface area (TPSA) is 78.8 Å². The van der Waals surface area contributed by atoms with Crippen molar-refractivity contribution in [2.75, 3.05) is 13.1 Å².